The number of anilines is 1. The Hall–Kier alpha value is -7.31. The highest BCUT2D eigenvalue weighted by atomic mass is 15.3. The number of allylic oxidation sites excluding steroid dienone is 1. The van der Waals surface area contributed by atoms with Gasteiger partial charge in [0.2, 0.25) is 0 Å². The van der Waals surface area contributed by atoms with Crippen molar-refractivity contribution in [1.29, 1.82) is 5.41 Å². The molecule has 0 atom stereocenters. The maximum absolute atomic E-state index is 9.13. The second kappa shape index (κ2) is 13.8. The van der Waals surface area contributed by atoms with Gasteiger partial charge in [-0.15, -0.1) is 0 Å². The van der Waals surface area contributed by atoms with Crippen molar-refractivity contribution in [2.75, 3.05) is 5.43 Å². The maximum Gasteiger partial charge on any atom is 0.164 e. The van der Waals surface area contributed by atoms with Crippen LogP contribution < -0.4 is 5.43 Å². The van der Waals surface area contributed by atoms with Gasteiger partial charge in [-0.2, -0.15) is 5.10 Å². The van der Waals surface area contributed by atoms with Crippen LogP contribution in [-0.2, 0) is 0 Å². The number of hydrogen-bond acceptors (Lipinski definition) is 6. The lowest BCUT2D eigenvalue weighted by molar-refractivity contribution is 1.07. The maximum atomic E-state index is 9.13. The zero-order valence-corrected chi connectivity index (χ0v) is 28.6. The van der Waals surface area contributed by atoms with Gasteiger partial charge < -0.3 is 0 Å². The Morgan fingerprint density at radius 3 is 1.72 bits per heavy atom. The number of rotatable bonds is 7. The summed E-state index contributed by atoms with van der Waals surface area (Å²) in [5, 5.41) is 15.7. The smallest absolute Gasteiger partial charge is 0.164 e. The minimum Gasteiger partial charge on any atom is -0.298 e. The van der Waals surface area contributed by atoms with E-state index in [1.165, 1.54) is 0 Å². The Labute approximate surface area is 307 Å². The van der Waals surface area contributed by atoms with Gasteiger partial charge in [0.15, 0.2) is 17.5 Å². The van der Waals surface area contributed by atoms with Crippen LogP contribution in [-0.4, -0.2) is 26.4 Å². The highest BCUT2D eigenvalue weighted by Crippen LogP contribution is 2.36. The minimum atomic E-state index is 0.382. The molecule has 0 radical (unpaired) electrons. The molecule has 6 heteroatoms. The first-order valence-electron chi connectivity index (χ1n) is 17.5. The summed E-state index contributed by atoms with van der Waals surface area (Å²) >= 11 is 0. The first kappa shape index (κ1) is 31.7. The van der Waals surface area contributed by atoms with Gasteiger partial charge in [0.1, 0.15) is 5.71 Å². The van der Waals surface area contributed by atoms with Gasteiger partial charge in [0.05, 0.1) is 11.4 Å². The normalized spacial score (nSPS) is 12.9. The largest absolute Gasteiger partial charge is 0.298 e. The topological polar surface area (TPSA) is 86.9 Å². The lowest BCUT2D eigenvalue weighted by Gasteiger charge is -2.17. The van der Waals surface area contributed by atoms with Crippen LogP contribution in [0.1, 0.15) is 11.1 Å². The number of benzene rings is 7. The average Bonchev–Trinajstić information content (AvgIpc) is 3.24. The molecule has 1 aliphatic carbocycles. The quantitative estimate of drug-likeness (QED) is 0.164. The predicted octanol–water partition coefficient (Wildman–Crippen LogP) is 11.2. The second-order valence-corrected chi connectivity index (χ2v) is 12.8. The molecular weight excluding hydrogens is 649 g/mol. The van der Waals surface area contributed by atoms with Crippen LogP contribution in [0.3, 0.4) is 0 Å². The van der Waals surface area contributed by atoms with E-state index in [1.807, 2.05) is 103 Å². The van der Waals surface area contributed by atoms with E-state index in [-0.39, 0.29) is 0 Å². The molecule has 8 aromatic rings. The van der Waals surface area contributed by atoms with Gasteiger partial charge in [0.25, 0.3) is 0 Å². The summed E-state index contributed by atoms with van der Waals surface area (Å²) in [7, 11) is 0. The number of nitrogens with zero attached hydrogens (tertiary/aromatic N) is 4. The summed E-state index contributed by atoms with van der Waals surface area (Å²) in [6.07, 6.45) is 3.92. The van der Waals surface area contributed by atoms with E-state index in [0.29, 0.717) is 28.9 Å². The first-order chi connectivity index (χ1) is 26.2. The lowest BCUT2D eigenvalue weighted by atomic mass is 9.88. The average molecular weight is 681 g/mol. The predicted molar refractivity (Wildman–Crippen MR) is 218 cm³/mol. The van der Waals surface area contributed by atoms with Crippen molar-refractivity contribution in [3.05, 3.63) is 187 Å². The molecule has 0 unspecified atom stereocenters. The Kier molecular flexibility index (Phi) is 8.23. The van der Waals surface area contributed by atoms with E-state index >= 15 is 0 Å². The summed E-state index contributed by atoms with van der Waals surface area (Å²) in [5.74, 6) is 1.82. The van der Waals surface area contributed by atoms with Crippen molar-refractivity contribution in [2.45, 2.75) is 0 Å². The Bertz CT molecular complexity index is 2680. The first-order valence-corrected chi connectivity index (χ1v) is 17.5. The molecule has 7 aromatic carbocycles. The molecule has 0 amide bonds. The fourth-order valence-corrected chi connectivity index (χ4v) is 6.76. The molecule has 0 bridgehead atoms. The van der Waals surface area contributed by atoms with Crippen molar-refractivity contribution in [3.8, 4) is 56.4 Å². The molecule has 0 spiro atoms. The van der Waals surface area contributed by atoms with E-state index < -0.39 is 0 Å². The third kappa shape index (κ3) is 6.30. The standard InChI is InChI=1S/C47H32N6/c48-44-42(53-52-38-16-8-3-9-17-38)29-27-33-22-25-37-30-36(26-28-40(37)43(33)44)39-18-10-11-19-41(39)47-50-45(34-14-6-2-7-15-34)49-46(51-47)35-23-20-32(21-24-35)31-12-4-1-5-13-31/h1-30,48,52H/b48-44?,53-42-. The number of hydrazone groups is 1. The van der Waals surface area contributed by atoms with E-state index in [9.17, 15) is 0 Å². The third-order valence-electron chi connectivity index (χ3n) is 9.45. The molecule has 6 nitrogen and oxygen atoms in total. The molecule has 250 valence electrons. The van der Waals surface area contributed by atoms with Crippen LogP contribution >= 0.6 is 0 Å². The second-order valence-electron chi connectivity index (χ2n) is 12.8. The van der Waals surface area contributed by atoms with Gasteiger partial charge in [-0.3, -0.25) is 10.8 Å². The molecule has 0 fully saturated rings. The lowest BCUT2D eigenvalue weighted by Crippen LogP contribution is -2.18. The van der Waals surface area contributed by atoms with Crippen molar-refractivity contribution in [1.82, 2.24) is 15.0 Å². The van der Waals surface area contributed by atoms with Crippen LogP contribution in [0.4, 0.5) is 5.69 Å². The van der Waals surface area contributed by atoms with E-state index in [1.54, 1.807) is 0 Å². The van der Waals surface area contributed by atoms with Gasteiger partial charge in [0, 0.05) is 22.3 Å². The number of hydrogen-bond donors (Lipinski definition) is 2. The molecule has 2 N–H and O–H groups in total. The summed E-state index contributed by atoms with van der Waals surface area (Å²) in [5.41, 5.74) is 13.9. The number of aromatic nitrogens is 3. The number of para-hydroxylation sites is 1. The van der Waals surface area contributed by atoms with Crippen molar-refractivity contribution in [3.63, 3.8) is 0 Å². The number of nitrogens with one attached hydrogen (secondary N) is 2. The van der Waals surface area contributed by atoms with Crippen LogP contribution in [0.5, 0.6) is 0 Å². The van der Waals surface area contributed by atoms with Crippen molar-refractivity contribution >= 4 is 34.0 Å². The summed E-state index contributed by atoms with van der Waals surface area (Å²) < 4.78 is 0. The molecule has 0 saturated heterocycles. The molecule has 1 heterocycles. The highest BCUT2D eigenvalue weighted by Gasteiger charge is 2.20. The van der Waals surface area contributed by atoms with Gasteiger partial charge in [-0.25, -0.2) is 15.0 Å². The minimum absolute atomic E-state index is 0.382. The monoisotopic (exact) mass is 680 g/mol. The molecule has 53 heavy (non-hydrogen) atoms. The van der Waals surface area contributed by atoms with Crippen LogP contribution in [0.15, 0.2) is 181 Å². The summed E-state index contributed by atoms with van der Waals surface area (Å²) in [6, 6.07) is 57.4. The van der Waals surface area contributed by atoms with Gasteiger partial charge in [-0.1, -0.05) is 158 Å². The number of fused-ring (bicyclic) bond motifs is 3. The molecular formula is C47H32N6. The molecule has 9 rings (SSSR count). The zero-order chi connectivity index (χ0) is 35.6. The zero-order valence-electron chi connectivity index (χ0n) is 28.6. The third-order valence-corrected chi connectivity index (χ3v) is 9.45. The van der Waals surface area contributed by atoms with E-state index in [0.717, 1.165) is 66.5 Å². The molecule has 0 saturated carbocycles. The SMILES string of the molecule is N=C1/C(=N\Nc2ccccc2)C=Cc2ccc3cc(-c4ccccc4-c4nc(-c5ccccc5)nc(-c5ccc(-c6ccccc6)cc5)n4)ccc3c21. The summed E-state index contributed by atoms with van der Waals surface area (Å²) in [6.45, 7) is 0. The van der Waals surface area contributed by atoms with Crippen molar-refractivity contribution in [2.24, 2.45) is 5.10 Å². The highest BCUT2D eigenvalue weighted by molar-refractivity contribution is 6.55. The fourth-order valence-electron chi connectivity index (χ4n) is 6.76. The Balaban J connectivity index is 1.11. The fraction of sp³-hybridized carbons (Fsp3) is 0. The Morgan fingerprint density at radius 1 is 0.453 bits per heavy atom. The van der Waals surface area contributed by atoms with Crippen LogP contribution in [0.2, 0.25) is 0 Å². The molecule has 0 aliphatic heterocycles. The van der Waals surface area contributed by atoms with Gasteiger partial charge >= 0.3 is 0 Å². The summed E-state index contributed by atoms with van der Waals surface area (Å²) in [4.78, 5) is 15.1. The van der Waals surface area contributed by atoms with Crippen LogP contribution in [0, 0.1) is 5.41 Å². The molecule has 1 aliphatic rings. The van der Waals surface area contributed by atoms with Crippen LogP contribution in [0.25, 0.3) is 73.3 Å². The van der Waals surface area contributed by atoms with E-state index in [4.69, 9.17) is 20.4 Å². The van der Waals surface area contributed by atoms with E-state index in [2.05, 4.69) is 89.4 Å². The molecule has 1 aromatic heterocycles. The Morgan fingerprint density at radius 2 is 1.00 bits per heavy atom. The van der Waals surface area contributed by atoms with Crippen molar-refractivity contribution < 1.29 is 0 Å². The van der Waals surface area contributed by atoms with Gasteiger partial charge in [-0.05, 0) is 62.9 Å².